The van der Waals surface area contributed by atoms with Crippen LogP contribution in [0.3, 0.4) is 0 Å². The van der Waals surface area contributed by atoms with E-state index in [-0.39, 0.29) is 10.6 Å². The van der Waals surface area contributed by atoms with Crippen molar-refractivity contribution in [1.29, 1.82) is 0 Å². The highest BCUT2D eigenvalue weighted by molar-refractivity contribution is 7.93. The van der Waals surface area contributed by atoms with Gasteiger partial charge in [0, 0.05) is 0 Å². The Hall–Kier alpha value is -2.64. The summed E-state index contributed by atoms with van der Waals surface area (Å²) in [7, 11) is -4.58. The van der Waals surface area contributed by atoms with Crippen LogP contribution in [0.5, 0.6) is 5.75 Å². The van der Waals surface area contributed by atoms with Gasteiger partial charge >= 0.3 is 6.36 Å². The van der Waals surface area contributed by atoms with E-state index in [9.17, 15) is 31.2 Å². The van der Waals surface area contributed by atoms with E-state index in [0.29, 0.717) is 16.9 Å². The number of carbonyl (C=O) groups is 2. The second kappa shape index (κ2) is 8.62. The monoisotopic (exact) mass is 466 g/mol. The van der Waals surface area contributed by atoms with Gasteiger partial charge in [-0.25, -0.2) is 8.42 Å². The molecular formula is C17H17F3N2O6S2. The lowest BCUT2D eigenvalue weighted by molar-refractivity contribution is -0.275. The minimum atomic E-state index is -5.13. The summed E-state index contributed by atoms with van der Waals surface area (Å²) in [5, 5.41) is 11.1. The molecule has 0 aliphatic carbocycles. The first-order valence-electron chi connectivity index (χ1n) is 8.23. The van der Waals surface area contributed by atoms with Crippen LogP contribution in [0.2, 0.25) is 0 Å². The molecule has 4 N–H and O–H groups in total. The number of hydrogen-bond acceptors (Lipinski definition) is 7. The number of primary amides is 1. The molecular weight excluding hydrogens is 449 g/mol. The van der Waals surface area contributed by atoms with Gasteiger partial charge in [0.25, 0.3) is 5.91 Å². The van der Waals surface area contributed by atoms with E-state index >= 15 is 0 Å². The molecule has 0 radical (unpaired) electrons. The number of ether oxygens (including phenoxy) is 1. The van der Waals surface area contributed by atoms with E-state index in [1.807, 2.05) is 0 Å². The Morgan fingerprint density at radius 1 is 1.30 bits per heavy atom. The standard InChI is InChI=1S/C17H17F3N2O6S2/c1-8-3-4-11(28-17(18,19)20)12(5-8)30(26,27)13-6-10(14(21)24)16(29-13)22-15(25)9(2)7-23/h3-6,9,23H,7H2,1-2H3,(H2,21,24)(H,22,25). The molecule has 0 spiro atoms. The van der Waals surface area contributed by atoms with Gasteiger partial charge in [0.15, 0.2) is 0 Å². The van der Waals surface area contributed by atoms with Crippen LogP contribution in [-0.4, -0.2) is 38.3 Å². The summed E-state index contributed by atoms with van der Waals surface area (Å²) in [6.45, 7) is 2.36. The number of rotatable bonds is 7. The molecule has 164 valence electrons. The van der Waals surface area contributed by atoms with Crippen molar-refractivity contribution >= 4 is 38.0 Å². The van der Waals surface area contributed by atoms with Crippen LogP contribution in [0.4, 0.5) is 18.2 Å². The van der Waals surface area contributed by atoms with Gasteiger partial charge in [-0.3, -0.25) is 9.59 Å². The molecule has 13 heteroatoms. The van der Waals surface area contributed by atoms with Crippen molar-refractivity contribution in [2.75, 3.05) is 11.9 Å². The minimum Gasteiger partial charge on any atom is -0.404 e. The predicted octanol–water partition coefficient (Wildman–Crippen LogP) is 2.45. The first-order valence-corrected chi connectivity index (χ1v) is 10.5. The van der Waals surface area contributed by atoms with E-state index in [2.05, 4.69) is 10.1 Å². The van der Waals surface area contributed by atoms with Gasteiger partial charge in [-0.15, -0.1) is 24.5 Å². The molecule has 8 nitrogen and oxygen atoms in total. The lowest BCUT2D eigenvalue weighted by Crippen LogP contribution is -2.24. The molecule has 1 atom stereocenters. The summed E-state index contributed by atoms with van der Waals surface area (Å²) in [5.41, 5.74) is 5.23. The number of amides is 2. The van der Waals surface area contributed by atoms with Gasteiger partial charge in [-0.1, -0.05) is 13.0 Å². The van der Waals surface area contributed by atoms with Crippen LogP contribution in [0.15, 0.2) is 33.4 Å². The SMILES string of the molecule is Cc1ccc(OC(F)(F)F)c(S(=O)(=O)c2cc(C(N)=O)c(NC(=O)C(C)CO)s2)c1. The Morgan fingerprint density at radius 3 is 2.47 bits per heavy atom. The average Bonchev–Trinajstić information content (AvgIpc) is 3.06. The summed E-state index contributed by atoms with van der Waals surface area (Å²) in [6, 6.07) is 3.96. The molecule has 0 saturated heterocycles. The van der Waals surface area contributed by atoms with Gasteiger partial charge in [0.05, 0.1) is 18.1 Å². The van der Waals surface area contributed by atoms with E-state index in [1.165, 1.54) is 19.9 Å². The van der Waals surface area contributed by atoms with Gasteiger partial charge in [-0.05, 0) is 30.7 Å². The first kappa shape index (κ1) is 23.6. The number of hydrogen-bond donors (Lipinski definition) is 3. The molecule has 1 aromatic carbocycles. The number of carbonyl (C=O) groups excluding carboxylic acids is 2. The molecule has 2 aromatic rings. The van der Waals surface area contributed by atoms with Crippen molar-refractivity contribution in [1.82, 2.24) is 0 Å². The van der Waals surface area contributed by atoms with Crippen LogP contribution in [0.25, 0.3) is 0 Å². The van der Waals surface area contributed by atoms with Crippen LogP contribution in [0.1, 0.15) is 22.8 Å². The van der Waals surface area contributed by atoms with Crippen molar-refractivity contribution in [3.8, 4) is 5.75 Å². The Bertz CT molecular complexity index is 1080. The zero-order chi connectivity index (χ0) is 22.9. The number of alkyl halides is 3. The van der Waals surface area contributed by atoms with Crippen molar-refractivity contribution in [3.05, 3.63) is 35.4 Å². The number of aryl methyl sites for hydroxylation is 1. The third-order valence-corrected chi connectivity index (χ3v) is 7.11. The number of aliphatic hydroxyl groups excluding tert-OH is 1. The number of halogens is 3. The van der Waals surface area contributed by atoms with E-state index in [4.69, 9.17) is 10.8 Å². The Labute approximate surface area is 173 Å². The second-order valence-corrected chi connectivity index (χ2v) is 9.44. The molecule has 1 heterocycles. The van der Waals surface area contributed by atoms with Crippen LogP contribution < -0.4 is 15.8 Å². The summed E-state index contributed by atoms with van der Waals surface area (Å²) in [6.07, 6.45) is -5.13. The number of benzene rings is 1. The Kier molecular flexibility index (Phi) is 6.79. The Balaban J connectivity index is 2.59. The molecule has 1 aromatic heterocycles. The van der Waals surface area contributed by atoms with Crippen LogP contribution in [-0.2, 0) is 14.6 Å². The maximum Gasteiger partial charge on any atom is 0.573 e. The van der Waals surface area contributed by atoms with Crippen molar-refractivity contribution in [2.45, 2.75) is 29.3 Å². The van der Waals surface area contributed by atoms with Gasteiger partial charge in [0.1, 0.15) is 19.9 Å². The fourth-order valence-electron chi connectivity index (χ4n) is 2.24. The number of thiophene rings is 1. The maximum absolute atomic E-state index is 13.0. The normalized spacial score (nSPS) is 13.0. The highest BCUT2D eigenvalue weighted by atomic mass is 32.2. The van der Waals surface area contributed by atoms with Crippen molar-refractivity contribution in [3.63, 3.8) is 0 Å². The topological polar surface area (TPSA) is 136 Å². The summed E-state index contributed by atoms with van der Waals surface area (Å²) in [5.74, 6) is -3.57. The maximum atomic E-state index is 13.0. The smallest absolute Gasteiger partial charge is 0.404 e. The molecule has 2 amide bonds. The summed E-state index contributed by atoms with van der Waals surface area (Å²) >= 11 is 0.439. The summed E-state index contributed by atoms with van der Waals surface area (Å²) < 4.78 is 67.4. The molecule has 0 aliphatic heterocycles. The van der Waals surface area contributed by atoms with Crippen LogP contribution >= 0.6 is 11.3 Å². The largest absolute Gasteiger partial charge is 0.573 e. The second-order valence-electron chi connectivity index (χ2n) is 6.25. The van der Waals surface area contributed by atoms with Gasteiger partial charge in [0.2, 0.25) is 15.7 Å². The van der Waals surface area contributed by atoms with E-state index in [1.54, 1.807) is 0 Å². The zero-order valence-corrected chi connectivity index (χ0v) is 17.2. The molecule has 1 unspecified atom stereocenters. The van der Waals surface area contributed by atoms with Gasteiger partial charge < -0.3 is 20.9 Å². The fraction of sp³-hybridized carbons (Fsp3) is 0.294. The quantitative estimate of drug-likeness (QED) is 0.574. The predicted molar refractivity (Wildman–Crippen MR) is 101 cm³/mol. The first-order chi connectivity index (χ1) is 13.8. The highest BCUT2D eigenvalue weighted by Crippen LogP contribution is 2.39. The zero-order valence-electron chi connectivity index (χ0n) is 15.6. The molecule has 0 fully saturated rings. The van der Waals surface area contributed by atoms with Gasteiger partial charge in [-0.2, -0.15) is 0 Å². The molecule has 0 aliphatic rings. The minimum absolute atomic E-state index is 0.211. The van der Waals surface area contributed by atoms with Crippen molar-refractivity contribution in [2.24, 2.45) is 11.7 Å². The van der Waals surface area contributed by atoms with E-state index in [0.717, 1.165) is 18.2 Å². The van der Waals surface area contributed by atoms with Crippen molar-refractivity contribution < 1.29 is 41.0 Å². The molecule has 30 heavy (non-hydrogen) atoms. The molecule has 0 bridgehead atoms. The molecule has 2 rings (SSSR count). The summed E-state index contributed by atoms with van der Waals surface area (Å²) in [4.78, 5) is 22.9. The number of nitrogens with one attached hydrogen (secondary N) is 1. The number of aliphatic hydroxyl groups is 1. The highest BCUT2D eigenvalue weighted by Gasteiger charge is 2.35. The third-order valence-electron chi connectivity index (χ3n) is 3.81. The van der Waals surface area contributed by atoms with Crippen LogP contribution in [0, 0.1) is 12.8 Å². The lowest BCUT2D eigenvalue weighted by Gasteiger charge is -2.13. The van der Waals surface area contributed by atoms with E-state index < -0.39 is 55.4 Å². The molecule has 0 saturated carbocycles. The Morgan fingerprint density at radius 2 is 1.93 bits per heavy atom. The average molecular weight is 466 g/mol. The number of anilines is 1. The fourth-order valence-corrected chi connectivity index (χ4v) is 5.20. The number of sulfone groups is 1. The third kappa shape index (κ3) is 5.29. The number of nitrogens with two attached hydrogens (primary N) is 1. The lowest BCUT2D eigenvalue weighted by atomic mass is 10.2.